The zero-order chi connectivity index (χ0) is 11.5. The summed E-state index contributed by atoms with van der Waals surface area (Å²) in [5, 5.41) is 0. The van der Waals surface area contributed by atoms with Gasteiger partial charge in [0.2, 0.25) is 0 Å². The fraction of sp³-hybridized carbons (Fsp3) is 0.636. The zero-order valence-corrected chi connectivity index (χ0v) is 10.3. The van der Waals surface area contributed by atoms with Crippen molar-refractivity contribution in [2.24, 2.45) is 0 Å². The molecule has 0 aromatic rings. The van der Waals surface area contributed by atoms with Gasteiger partial charge in [-0.15, -0.1) is 6.42 Å². The predicted octanol–water partition coefficient (Wildman–Crippen LogP) is 2.97. The molecule has 0 aliphatic heterocycles. The molecule has 1 aliphatic rings. The van der Waals surface area contributed by atoms with E-state index in [0.29, 0.717) is 6.16 Å². The first-order valence-electron chi connectivity index (χ1n) is 5.03. The van der Waals surface area contributed by atoms with Crippen LogP contribution in [0.3, 0.4) is 0 Å². The lowest BCUT2D eigenvalue weighted by Gasteiger charge is -2.29. The van der Waals surface area contributed by atoms with Crippen molar-refractivity contribution in [3.8, 4) is 12.3 Å². The third-order valence-corrected chi connectivity index (χ3v) is 4.22. The molecule has 4 heteroatoms. The number of rotatable bonds is 5. The smallest absolute Gasteiger partial charge is 0.301 e. The molecule has 0 bridgehead atoms. The van der Waals surface area contributed by atoms with Crippen LogP contribution in [0, 0.1) is 12.3 Å². The third-order valence-electron chi connectivity index (χ3n) is 2.12. The van der Waals surface area contributed by atoms with Gasteiger partial charge in [-0.1, -0.05) is 25.0 Å². The molecule has 1 rings (SSSR count). The standard InChI is InChI=1S/C11H17O3P/c1-5-11(3,4)14-15(12,6-2)13-10-8-7-9-10/h1,7-8,10H,6,9H2,2-4H3. The van der Waals surface area contributed by atoms with Gasteiger partial charge in [-0.2, -0.15) is 0 Å². The van der Waals surface area contributed by atoms with E-state index < -0.39 is 13.2 Å². The summed E-state index contributed by atoms with van der Waals surface area (Å²) < 4.78 is 23.0. The fourth-order valence-electron chi connectivity index (χ4n) is 1.07. The van der Waals surface area contributed by atoms with Crippen molar-refractivity contribution < 1.29 is 13.6 Å². The molecule has 84 valence electrons. The van der Waals surface area contributed by atoms with Crippen LogP contribution in [0.25, 0.3) is 0 Å². The van der Waals surface area contributed by atoms with Gasteiger partial charge in [-0.25, -0.2) is 0 Å². The molecular formula is C11H17O3P. The molecule has 0 aromatic heterocycles. The van der Waals surface area contributed by atoms with Gasteiger partial charge in [0, 0.05) is 6.16 Å². The van der Waals surface area contributed by atoms with Crippen molar-refractivity contribution in [3.63, 3.8) is 0 Å². The van der Waals surface area contributed by atoms with E-state index in [4.69, 9.17) is 15.5 Å². The van der Waals surface area contributed by atoms with Crippen molar-refractivity contribution in [3.05, 3.63) is 12.2 Å². The first-order chi connectivity index (χ1) is 6.91. The first kappa shape index (κ1) is 12.5. The van der Waals surface area contributed by atoms with Crippen molar-refractivity contribution in [1.29, 1.82) is 0 Å². The predicted molar refractivity (Wildman–Crippen MR) is 60.8 cm³/mol. The molecule has 0 spiro atoms. The van der Waals surface area contributed by atoms with Gasteiger partial charge in [0.25, 0.3) is 0 Å². The second-order valence-electron chi connectivity index (χ2n) is 3.98. The summed E-state index contributed by atoms with van der Waals surface area (Å²) in [6.45, 7) is 5.18. The first-order valence-corrected chi connectivity index (χ1v) is 6.76. The molecule has 0 saturated heterocycles. The molecular weight excluding hydrogens is 211 g/mol. The Bertz CT molecular complexity index is 338. The lowest BCUT2D eigenvalue weighted by atomic mass is 10.1. The normalized spacial score (nSPS) is 24.0. The summed E-state index contributed by atoms with van der Waals surface area (Å²) in [4.78, 5) is 0. The number of hydrogen-bond acceptors (Lipinski definition) is 3. The Balaban J connectivity index is 2.64. The summed E-state index contributed by atoms with van der Waals surface area (Å²) in [6.07, 6.45) is 10.2. The summed E-state index contributed by atoms with van der Waals surface area (Å²) in [6, 6.07) is 0. The van der Waals surface area contributed by atoms with Crippen LogP contribution in [0.15, 0.2) is 12.2 Å². The molecule has 0 radical (unpaired) electrons. The molecule has 2 unspecified atom stereocenters. The van der Waals surface area contributed by atoms with Crippen LogP contribution in [-0.2, 0) is 13.6 Å². The summed E-state index contributed by atoms with van der Waals surface area (Å²) in [5.74, 6) is 2.45. The highest BCUT2D eigenvalue weighted by Crippen LogP contribution is 2.53. The minimum atomic E-state index is -3.05. The van der Waals surface area contributed by atoms with E-state index in [2.05, 4.69) is 5.92 Å². The minimum absolute atomic E-state index is 0.0793. The fourth-order valence-corrected chi connectivity index (χ4v) is 2.70. The van der Waals surface area contributed by atoms with Crippen LogP contribution in [0.1, 0.15) is 27.2 Å². The Morgan fingerprint density at radius 1 is 1.67 bits per heavy atom. The van der Waals surface area contributed by atoms with Crippen LogP contribution in [0.2, 0.25) is 0 Å². The van der Waals surface area contributed by atoms with E-state index in [1.54, 1.807) is 20.8 Å². The maximum Gasteiger partial charge on any atom is 0.332 e. The number of terminal acetylenes is 1. The molecule has 0 fully saturated rings. The van der Waals surface area contributed by atoms with E-state index in [9.17, 15) is 4.57 Å². The highest BCUT2D eigenvalue weighted by molar-refractivity contribution is 7.53. The van der Waals surface area contributed by atoms with E-state index in [-0.39, 0.29) is 6.10 Å². The highest BCUT2D eigenvalue weighted by Gasteiger charge is 2.33. The quantitative estimate of drug-likeness (QED) is 0.412. The lowest BCUT2D eigenvalue weighted by Crippen LogP contribution is -2.24. The van der Waals surface area contributed by atoms with Crippen molar-refractivity contribution in [1.82, 2.24) is 0 Å². The Morgan fingerprint density at radius 3 is 2.60 bits per heavy atom. The highest BCUT2D eigenvalue weighted by atomic mass is 31.2. The average Bonchev–Trinajstić information content (AvgIpc) is 2.11. The SMILES string of the molecule is C#CC(C)(C)OP(=O)(CC)OC1C=CC1. The van der Waals surface area contributed by atoms with Gasteiger partial charge in [0.15, 0.2) is 0 Å². The molecule has 3 nitrogen and oxygen atoms in total. The lowest BCUT2D eigenvalue weighted by molar-refractivity contribution is 0.107. The molecule has 2 atom stereocenters. The van der Waals surface area contributed by atoms with Crippen LogP contribution in [0.5, 0.6) is 0 Å². The maximum absolute atomic E-state index is 12.2. The van der Waals surface area contributed by atoms with Crippen molar-refractivity contribution in [2.75, 3.05) is 6.16 Å². The molecule has 0 heterocycles. The van der Waals surface area contributed by atoms with E-state index in [1.807, 2.05) is 12.2 Å². The molecule has 1 aliphatic carbocycles. The van der Waals surface area contributed by atoms with Gasteiger partial charge >= 0.3 is 7.60 Å². The largest absolute Gasteiger partial charge is 0.332 e. The van der Waals surface area contributed by atoms with Crippen LogP contribution in [-0.4, -0.2) is 17.9 Å². The van der Waals surface area contributed by atoms with Crippen LogP contribution >= 0.6 is 7.60 Å². The minimum Gasteiger partial charge on any atom is -0.301 e. The van der Waals surface area contributed by atoms with E-state index in [0.717, 1.165) is 6.42 Å². The second kappa shape index (κ2) is 4.53. The monoisotopic (exact) mass is 228 g/mol. The summed E-state index contributed by atoms with van der Waals surface area (Å²) >= 11 is 0. The zero-order valence-electron chi connectivity index (χ0n) is 9.40. The van der Waals surface area contributed by atoms with Crippen LogP contribution < -0.4 is 0 Å². The maximum atomic E-state index is 12.2. The topological polar surface area (TPSA) is 35.5 Å². The van der Waals surface area contributed by atoms with Gasteiger partial charge < -0.3 is 4.52 Å². The molecule has 0 saturated carbocycles. The summed E-state index contributed by atoms with van der Waals surface area (Å²) in [7, 11) is -3.05. The van der Waals surface area contributed by atoms with Crippen molar-refractivity contribution >= 4 is 7.60 Å². The third kappa shape index (κ3) is 3.50. The molecule has 15 heavy (non-hydrogen) atoms. The van der Waals surface area contributed by atoms with Crippen LogP contribution in [0.4, 0.5) is 0 Å². The van der Waals surface area contributed by atoms with Gasteiger partial charge in [-0.3, -0.25) is 9.09 Å². The molecule has 0 amide bonds. The Hall–Kier alpha value is -0.550. The van der Waals surface area contributed by atoms with Gasteiger partial charge in [0.05, 0.1) is 6.10 Å². The van der Waals surface area contributed by atoms with Gasteiger partial charge in [-0.05, 0) is 20.3 Å². The Morgan fingerprint density at radius 2 is 2.27 bits per heavy atom. The Labute approximate surface area is 91.4 Å². The van der Waals surface area contributed by atoms with E-state index in [1.165, 1.54) is 0 Å². The molecule has 0 N–H and O–H groups in total. The molecule has 0 aromatic carbocycles. The van der Waals surface area contributed by atoms with Crippen molar-refractivity contribution in [2.45, 2.75) is 38.9 Å². The number of hydrogen-bond donors (Lipinski definition) is 0. The second-order valence-corrected chi connectivity index (χ2v) is 6.23. The average molecular weight is 228 g/mol. The summed E-state index contributed by atoms with van der Waals surface area (Å²) in [5.41, 5.74) is -0.848. The van der Waals surface area contributed by atoms with E-state index >= 15 is 0 Å². The van der Waals surface area contributed by atoms with Gasteiger partial charge in [0.1, 0.15) is 5.60 Å². The Kier molecular flexibility index (Phi) is 3.78.